The zero-order valence-corrected chi connectivity index (χ0v) is 10.2. The van der Waals surface area contributed by atoms with Crippen molar-refractivity contribution in [1.82, 2.24) is 0 Å². The summed E-state index contributed by atoms with van der Waals surface area (Å²) >= 11 is 0. The minimum atomic E-state index is -0.624. The maximum absolute atomic E-state index is 11.0. The molecule has 0 saturated carbocycles. The third-order valence-corrected chi connectivity index (χ3v) is 2.82. The van der Waals surface area contributed by atoms with Crippen molar-refractivity contribution in [3.05, 3.63) is 0 Å². The summed E-state index contributed by atoms with van der Waals surface area (Å²) in [5.74, 6) is -0.624. The van der Waals surface area contributed by atoms with Crippen molar-refractivity contribution in [2.24, 2.45) is 5.41 Å². The van der Waals surface area contributed by atoms with Crippen LogP contribution in [0.15, 0.2) is 0 Å². The molecule has 1 radical (unpaired) electrons. The van der Waals surface area contributed by atoms with Gasteiger partial charge in [0.15, 0.2) is 0 Å². The Morgan fingerprint density at radius 2 is 1.69 bits per heavy atom. The molecule has 3 heteroatoms. The van der Waals surface area contributed by atoms with E-state index in [1.54, 1.807) is 0 Å². The number of carboxylic acids is 1. The molecule has 0 atom stereocenters. The molecule has 0 saturated heterocycles. The van der Waals surface area contributed by atoms with Gasteiger partial charge in [0.05, 0.1) is 5.41 Å². The number of unbranched alkanes of at least 4 members (excludes halogenated alkanes) is 1. The second-order valence-corrected chi connectivity index (χ2v) is 3.40. The third-order valence-electron chi connectivity index (χ3n) is 2.82. The molecule has 0 aliphatic rings. The number of carbonyl (C=O) groups is 1. The molecule has 0 heterocycles. The second-order valence-electron chi connectivity index (χ2n) is 3.40. The van der Waals surface area contributed by atoms with Crippen molar-refractivity contribution in [1.29, 1.82) is 0 Å². The molecule has 0 aromatic heterocycles. The molecular weight excluding hydrogens is 203 g/mol. The Balaban J connectivity index is 0. The average Bonchev–Trinajstić information content (AvgIpc) is 2.07. The average molecular weight is 223 g/mol. The fraction of sp³-hybridized carbons (Fsp3) is 0.900. The van der Waals surface area contributed by atoms with Gasteiger partial charge in [-0.15, -0.1) is 0 Å². The molecule has 0 rings (SSSR count). The SMILES string of the molecule is CCCCC(CC)(CC)C(=O)O.[V]. The van der Waals surface area contributed by atoms with Crippen LogP contribution in [-0.4, -0.2) is 11.1 Å². The quantitative estimate of drug-likeness (QED) is 0.751. The molecular formula is C10H20O2V. The van der Waals surface area contributed by atoms with Gasteiger partial charge in [-0.3, -0.25) is 4.79 Å². The minimum Gasteiger partial charge on any atom is -0.481 e. The normalized spacial score (nSPS) is 10.7. The fourth-order valence-corrected chi connectivity index (χ4v) is 1.53. The van der Waals surface area contributed by atoms with E-state index in [1.165, 1.54) is 0 Å². The van der Waals surface area contributed by atoms with Gasteiger partial charge in [-0.05, 0) is 19.3 Å². The first-order chi connectivity index (χ1) is 5.63. The molecule has 0 bridgehead atoms. The summed E-state index contributed by atoms with van der Waals surface area (Å²) in [6.45, 7) is 6.03. The van der Waals surface area contributed by atoms with Crippen LogP contribution in [0.5, 0.6) is 0 Å². The van der Waals surface area contributed by atoms with Crippen LogP contribution in [0.25, 0.3) is 0 Å². The number of carboxylic acid groups (broad SMARTS) is 1. The van der Waals surface area contributed by atoms with Crippen LogP contribution < -0.4 is 0 Å². The summed E-state index contributed by atoms with van der Waals surface area (Å²) in [5, 5.41) is 9.05. The van der Waals surface area contributed by atoms with Crippen LogP contribution in [0.4, 0.5) is 0 Å². The van der Waals surface area contributed by atoms with Gasteiger partial charge in [-0.2, -0.15) is 0 Å². The van der Waals surface area contributed by atoms with E-state index in [9.17, 15) is 4.79 Å². The van der Waals surface area contributed by atoms with E-state index in [1.807, 2.05) is 13.8 Å². The molecule has 13 heavy (non-hydrogen) atoms. The van der Waals surface area contributed by atoms with E-state index in [2.05, 4.69) is 6.92 Å². The Morgan fingerprint density at radius 1 is 1.23 bits per heavy atom. The zero-order chi connectivity index (χ0) is 9.61. The van der Waals surface area contributed by atoms with Crippen LogP contribution in [0.2, 0.25) is 0 Å². The predicted octanol–water partition coefficient (Wildman–Crippen LogP) is 3.07. The summed E-state index contributed by atoms with van der Waals surface area (Å²) in [7, 11) is 0. The van der Waals surface area contributed by atoms with Crippen molar-refractivity contribution in [3.63, 3.8) is 0 Å². The van der Waals surface area contributed by atoms with Gasteiger partial charge < -0.3 is 5.11 Å². The molecule has 0 spiro atoms. The minimum absolute atomic E-state index is 0. The first-order valence-electron chi connectivity index (χ1n) is 4.86. The monoisotopic (exact) mass is 223 g/mol. The van der Waals surface area contributed by atoms with Gasteiger partial charge in [0.1, 0.15) is 0 Å². The molecule has 0 aliphatic heterocycles. The number of hydrogen-bond donors (Lipinski definition) is 1. The molecule has 0 fully saturated rings. The summed E-state index contributed by atoms with van der Waals surface area (Å²) in [5.41, 5.74) is -0.448. The first kappa shape index (κ1) is 15.5. The molecule has 0 aromatic carbocycles. The Morgan fingerprint density at radius 3 is 1.92 bits per heavy atom. The van der Waals surface area contributed by atoms with Gasteiger partial charge in [-0.25, -0.2) is 0 Å². The van der Waals surface area contributed by atoms with Gasteiger partial charge in [-0.1, -0.05) is 33.6 Å². The molecule has 2 nitrogen and oxygen atoms in total. The Labute approximate surface area is 93.0 Å². The number of hydrogen-bond acceptors (Lipinski definition) is 1. The Hall–Kier alpha value is 0.0544. The van der Waals surface area contributed by atoms with Gasteiger partial charge in [0.2, 0.25) is 0 Å². The van der Waals surface area contributed by atoms with Crippen molar-refractivity contribution in [3.8, 4) is 0 Å². The molecule has 0 unspecified atom stereocenters. The number of aliphatic carboxylic acids is 1. The predicted molar refractivity (Wildman–Crippen MR) is 50.2 cm³/mol. The van der Waals surface area contributed by atoms with Gasteiger partial charge in [0.25, 0.3) is 0 Å². The van der Waals surface area contributed by atoms with Crippen LogP contribution in [0.3, 0.4) is 0 Å². The van der Waals surface area contributed by atoms with E-state index < -0.39 is 11.4 Å². The molecule has 0 aromatic rings. The Bertz CT molecular complexity index is 142. The van der Waals surface area contributed by atoms with Crippen LogP contribution in [0.1, 0.15) is 52.9 Å². The third kappa shape index (κ3) is 4.19. The van der Waals surface area contributed by atoms with Crippen molar-refractivity contribution in [2.45, 2.75) is 52.9 Å². The standard InChI is InChI=1S/C10H20O2.V/c1-4-7-8-10(5-2,6-3)9(11)12;/h4-8H2,1-3H3,(H,11,12);. The zero-order valence-electron chi connectivity index (χ0n) is 8.84. The first-order valence-corrected chi connectivity index (χ1v) is 4.86. The smallest absolute Gasteiger partial charge is 0.309 e. The summed E-state index contributed by atoms with van der Waals surface area (Å²) in [6, 6.07) is 0. The number of rotatable bonds is 6. The molecule has 0 amide bonds. The van der Waals surface area contributed by atoms with E-state index in [0.717, 1.165) is 32.1 Å². The van der Waals surface area contributed by atoms with Crippen molar-refractivity contribution >= 4 is 5.97 Å². The van der Waals surface area contributed by atoms with E-state index in [0.29, 0.717) is 0 Å². The summed E-state index contributed by atoms with van der Waals surface area (Å²) in [4.78, 5) is 11.0. The van der Waals surface area contributed by atoms with E-state index in [-0.39, 0.29) is 18.6 Å². The summed E-state index contributed by atoms with van der Waals surface area (Å²) in [6.07, 6.45) is 4.42. The van der Waals surface area contributed by atoms with Gasteiger partial charge >= 0.3 is 5.97 Å². The fourth-order valence-electron chi connectivity index (χ4n) is 1.53. The molecule has 1 N–H and O–H groups in total. The molecule has 77 valence electrons. The maximum atomic E-state index is 11.0. The summed E-state index contributed by atoms with van der Waals surface area (Å²) < 4.78 is 0. The largest absolute Gasteiger partial charge is 0.481 e. The van der Waals surface area contributed by atoms with Crippen LogP contribution in [0, 0.1) is 5.41 Å². The van der Waals surface area contributed by atoms with Crippen LogP contribution >= 0.6 is 0 Å². The molecule has 0 aliphatic carbocycles. The van der Waals surface area contributed by atoms with E-state index >= 15 is 0 Å². The van der Waals surface area contributed by atoms with Crippen molar-refractivity contribution < 1.29 is 28.5 Å². The topological polar surface area (TPSA) is 37.3 Å². The van der Waals surface area contributed by atoms with E-state index in [4.69, 9.17) is 5.11 Å². The van der Waals surface area contributed by atoms with Crippen molar-refractivity contribution in [2.75, 3.05) is 0 Å². The van der Waals surface area contributed by atoms with Gasteiger partial charge in [0, 0.05) is 18.6 Å². The Kier molecular flexibility index (Phi) is 8.90. The van der Waals surface area contributed by atoms with Crippen LogP contribution in [-0.2, 0) is 23.4 Å². The second kappa shape index (κ2) is 7.46. The maximum Gasteiger partial charge on any atom is 0.309 e.